The van der Waals surface area contributed by atoms with Gasteiger partial charge in [0.05, 0.1) is 12.0 Å². The van der Waals surface area contributed by atoms with E-state index in [9.17, 15) is 8.42 Å². The summed E-state index contributed by atoms with van der Waals surface area (Å²) in [5.41, 5.74) is 2.77. The van der Waals surface area contributed by atoms with Crippen molar-refractivity contribution in [3.8, 4) is 5.75 Å². The molecule has 2 aromatic carbocycles. The van der Waals surface area contributed by atoms with Gasteiger partial charge >= 0.3 is 0 Å². The van der Waals surface area contributed by atoms with Crippen molar-refractivity contribution in [3.05, 3.63) is 59.2 Å². The van der Waals surface area contributed by atoms with Crippen molar-refractivity contribution in [1.29, 1.82) is 0 Å². The van der Waals surface area contributed by atoms with Gasteiger partial charge in [0.25, 0.3) is 0 Å². The normalized spacial score (nSPS) is 12.8. The maximum atomic E-state index is 12.7. The Kier molecular flexibility index (Phi) is 6.02. The molecule has 0 saturated heterocycles. The number of benzene rings is 2. The Balaban J connectivity index is 2.09. The molecule has 0 saturated carbocycles. The molecule has 1 unspecified atom stereocenters. The van der Waals surface area contributed by atoms with Gasteiger partial charge in [-0.3, -0.25) is 0 Å². The fourth-order valence-electron chi connectivity index (χ4n) is 2.70. The van der Waals surface area contributed by atoms with Crippen LogP contribution in [-0.2, 0) is 16.4 Å². The first kappa shape index (κ1) is 18.5. The third kappa shape index (κ3) is 4.36. The lowest BCUT2D eigenvalue weighted by molar-refractivity contribution is 0.410. The van der Waals surface area contributed by atoms with Gasteiger partial charge in [0.2, 0.25) is 10.0 Å². The smallest absolute Gasteiger partial charge is 0.241 e. The van der Waals surface area contributed by atoms with Crippen LogP contribution in [0.1, 0.15) is 30.0 Å². The molecule has 2 aromatic rings. The van der Waals surface area contributed by atoms with Crippen molar-refractivity contribution >= 4 is 10.0 Å². The Morgan fingerprint density at radius 1 is 1.04 bits per heavy atom. The highest BCUT2D eigenvalue weighted by atomic mass is 32.2. The quantitative estimate of drug-likeness (QED) is 0.832. The number of nitrogens with one attached hydrogen (secondary N) is 1. The van der Waals surface area contributed by atoms with E-state index in [1.807, 2.05) is 32.0 Å². The summed E-state index contributed by atoms with van der Waals surface area (Å²) in [6, 6.07) is 13.2. The zero-order valence-corrected chi connectivity index (χ0v) is 15.5. The molecule has 0 heterocycles. The average molecular weight is 347 g/mol. The third-order valence-corrected chi connectivity index (χ3v) is 6.00. The summed E-state index contributed by atoms with van der Waals surface area (Å²) < 4.78 is 33.4. The number of methoxy groups -OCH3 is 1. The monoisotopic (exact) mass is 347 g/mol. The number of rotatable bonds is 7. The molecule has 4 nitrogen and oxygen atoms in total. The van der Waals surface area contributed by atoms with Crippen molar-refractivity contribution in [2.45, 2.75) is 44.6 Å². The Bertz CT molecular complexity index is 786. The number of hydrogen-bond acceptors (Lipinski definition) is 3. The van der Waals surface area contributed by atoms with Crippen LogP contribution in [0, 0.1) is 13.8 Å². The largest absolute Gasteiger partial charge is 0.496 e. The zero-order chi connectivity index (χ0) is 17.7. The number of ether oxygens (including phenoxy) is 1. The van der Waals surface area contributed by atoms with E-state index in [1.165, 1.54) is 5.56 Å². The topological polar surface area (TPSA) is 55.4 Å². The van der Waals surface area contributed by atoms with E-state index >= 15 is 0 Å². The van der Waals surface area contributed by atoms with Crippen LogP contribution >= 0.6 is 0 Å². The van der Waals surface area contributed by atoms with E-state index in [0.717, 1.165) is 24.0 Å². The van der Waals surface area contributed by atoms with Crippen LogP contribution in [0.25, 0.3) is 0 Å². The second-order valence-corrected chi connectivity index (χ2v) is 7.74. The standard InChI is InChI=1S/C19H25NO3S/c1-14(10-11-17-8-6-5-7-9-17)20-24(21,22)19-13-12-18(23-4)15(2)16(19)3/h5-9,12-14,20H,10-11H2,1-4H3. The fraction of sp³-hybridized carbons (Fsp3) is 0.368. The summed E-state index contributed by atoms with van der Waals surface area (Å²) in [6.07, 6.45) is 1.59. The Hall–Kier alpha value is -1.85. The fourth-order valence-corrected chi connectivity index (χ4v) is 4.28. The molecule has 0 spiro atoms. The summed E-state index contributed by atoms with van der Waals surface area (Å²) >= 11 is 0. The molecule has 1 atom stereocenters. The average Bonchev–Trinajstić information content (AvgIpc) is 2.55. The minimum absolute atomic E-state index is 0.142. The summed E-state index contributed by atoms with van der Waals surface area (Å²) in [5.74, 6) is 0.698. The first-order chi connectivity index (χ1) is 11.3. The molecule has 2 rings (SSSR count). The zero-order valence-electron chi connectivity index (χ0n) is 14.7. The molecule has 1 N–H and O–H groups in total. The van der Waals surface area contributed by atoms with Crippen LogP contribution in [0.2, 0.25) is 0 Å². The highest BCUT2D eigenvalue weighted by Crippen LogP contribution is 2.27. The molecule has 130 valence electrons. The van der Waals surface area contributed by atoms with E-state index in [1.54, 1.807) is 26.2 Å². The summed E-state index contributed by atoms with van der Waals surface area (Å²) in [4.78, 5) is 0.312. The van der Waals surface area contributed by atoms with Crippen LogP contribution in [-0.4, -0.2) is 21.6 Å². The third-order valence-electron chi connectivity index (χ3n) is 4.26. The van der Waals surface area contributed by atoms with Crippen molar-refractivity contribution in [2.24, 2.45) is 0 Å². The van der Waals surface area contributed by atoms with Crippen LogP contribution in [0.15, 0.2) is 47.4 Å². The molecule has 0 fully saturated rings. The molecule has 0 radical (unpaired) electrons. The minimum Gasteiger partial charge on any atom is -0.496 e. The lowest BCUT2D eigenvalue weighted by atomic mass is 10.1. The van der Waals surface area contributed by atoms with Gasteiger partial charge < -0.3 is 4.74 Å². The maximum Gasteiger partial charge on any atom is 0.241 e. The maximum absolute atomic E-state index is 12.7. The predicted octanol–water partition coefficient (Wildman–Crippen LogP) is 3.61. The second kappa shape index (κ2) is 7.81. The van der Waals surface area contributed by atoms with Gasteiger partial charge in [0.1, 0.15) is 5.75 Å². The van der Waals surface area contributed by atoms with Gasteiger partial charge in [-0.25, -0.2) is 13.1 Å². The first-order valence-electron chi connectivity index (χ1n) is 8.05. The van der Waals surface area contributed by atoms with E-state index in [4.69, 9.17) is 4.74 Å². The number of hydrogen-bond donors (Lipinski definition) is 1. The molecular formula is C19H25NO3S. The number of sulfonamides is 1. The molecular weight excluding hydrogens is 322 g/mol. The Labute approximate surface area is 144 Å². The Morgan fingerprint density at radius 2 is 1.71 bits per heavy atom. The second-order valence-electron chi connectivity index (χ2n) is 6.06. The van der Waals surface area contributed by atoms with Crippen molar-refractivity contribution in [3.63, 3.8) is 0 Å². The molecule has 0 aliphatic heterocycles. The van der Waals surface area contributed by atoms with Crippen LogP contribution in [0.4, 0.5) is 0 Å². The molecule has 0 bridgehead atoms. The van der Waals surface area contributed by atoms with Gasteiger partial charge in [-0.2, -0.15) is 0 Å². The molecule has 24 heavy (non-hydrogen) atoms. The molecule has 5 heteroatoms. The van der Waals surface area contributed by atoms with Gasteiger partial charge in [0.15, 0.2) is 0 Å². The minimum atomic E-state index is -3.55. The van der Waals surface area contributed by atoms with Gasteiger partial charge in [-0.15, -0.1) is 0 Å². The summed E-state index contributed by atoms with van der Waals surface area (Å²) in [5, 5.41) is 0. The van der Waals surface area contributed by atoms with E-state index in [0.29, 0.717) is 10.6 Å². The van der Waals surface area contributed by atoms with Gasteiger partial charge in [-0.05, 0) is 62.4 Å². The first-order valence-corrected chi connectivity index (χ1v) is 9.54. The van der Waals surface area contributed by atoms with E-state index < -0.39 is 10.0 Å². The van der Waals surface area contributed by atoms with Gasteiger partial charge in [-0.1, -0.05) is 30.3 Å². The highest BCUT2D eigenvalue weighted by molar-refractivity contribution is 7.89. The molecule has 0 aliphatic rings. The van der Waals surface area contributed by atoms with Crippen molar-refractivity contribution in [1.82, 2.24) is 4.72 Å². The van der Waals surface area contributed by atoms with Crippen molar-refractivity contribution < 1.29 is 13.2 Å². The summed E-state index contributed by atoms with van der Waals surface area (Å²) in [7, 11) is -1.96. The van der Waals surface area contributed by atoms with Crippen LogP contribution < -0.4 is 9.46 Å². The van der Waals surface area contributed by atoms with Crippen LogP contribution in [0.5, 0.6) is 5.75 Å². The van der Waals surface area contributed by atoms with Gasteiger partial charge in [0, 0.05) is 6.04 Å². The van der Waals surface area contributed by atoms with Crippen LogP contribution in [0.3, 0.4) is 0 Å². The predicted molar refractivity (Wildman–Crippen MR) is 97.0 cm³/mol. The van der Waals surface area contributed by atoms with E-state index in [2.05, 4.69) is 16.9 Å². The molecule has 0 amide bonds. The molecule has 0 aliphatic carbocycles. The Morgan fingerprint density at radius 3 is 2.33 bits per heavy atom. The lowest BCUT2D eigenvalue weighted by Gasteiger charge is -2.17. The SMILES string of the molecule is COc1ccc(S(=O)(=O)NC(C)CCc2ccccc2)c(C)c1C. The number of aryl methyl sites for hydroxylation is 1. The van der Waals surface area contributed by atoms with Crippen molar-refractivity contribution in [2.75, 3.05) is 7.11 Å². The van der Waals surface area contributed by atoms with E-state index in [-0.39, 0.29) is 6.04 Å². The highest BCUT2D eigenvalue weighted by Gasteiger charge is 2.21. The summed E-state index contributed by atoms with van der Waals surface area (Å²) in [6.45, 7) is 5.57. The lowest BCUT2D eigenvalue weighted by Crippen LogP contribution is -2.33. The molecule has 0 aromatic heterocycles.